The van der Waals surface area contributed by atoms with E-state index in [0.29, 0.717) is 4.90 Å². The molecule has 152 valence electrons. The minimum atomic E-state index is -4.52. The molecule has 0 bridgehead atoms. The summed E-state index contributed by atoms with van der Waals surface area (Å²) >= 11 is 1.01. The molecule has 2 N–H and O–H groups in total. The van der Waals surface area contributed by atoms with Gasteiger partial charge in [0, 0.05) is 11.3 Å². The van der Waals surface area contributed by atoms with E-state index in [1.54, 1.807) is 12.1 Å². The Labute approximate surface area is 167 Å². The smallest absolute Gasteiger partial charge is 0.416 e. The highest BCUT2D eigenvalue weighted by Gasteiger charge is 2.34. The highest BCUT2D eigenvalue weighted by atomic mass is 32.2. The molecule has 0 spiro atoms. The summed E-state index contributed by atoms with van der Waals surface area (Å²) in [6.07, 6.45) is -4.75. The lowest BCUT2D eigenvalue weighted by molar-refractivity contribution is -0.137. The van der Waals surface area contributed by atoms with Crippen LogP contribution in [0.15, 0.2) is 47.4 Å². The molecule has 2 aromatic carbocycles. The summed E-state index contributed by atoms with van der Waals surface area (Å²) in [4.78, 5) is 36.8. The molecule has 0 aromatic heterocycles. The lowest BCUT2D eigenvalue weighted by Crippen LogP contribution is -2.32. The molecular formula is C19H15F3N2O4S. The monoisotopic (exact) mass is 424 g/mol. The molecule has 1 atom stereocenters. The van der Waals surface area contributed by atoms with Gasteiger partial charge in [-0.1, -0.05) is 12.1 Å². The fourth-order valence-corrected chi connectivity index (χ4v) is 3.80. The number of para-hydroxylation sites is 1. The van der Waals surface area contributed by atoms with E-state index in [2.05, 4.69) is 15.4 Å². The summed E-state index contributed by atoms with van der Waals surface area (Å²) < 4.78 is 43.1. The molecule has 10 heteroatoms. The van der Waals surface area contributed by atoms with Crippen LogP contribution in [-0.2, 0) is 20.5 Å². The van der Waals surface area contributed by atoms with Crippen LogP contribution in [0, 0.1) is 0 Å². The normalized spacial score (nSPS) is 15.9. The highest BCUT2D eigenvalue weighted by molar-refractivity contribution is 8.01. The number of hydrogen-bond donors (Lipinski definition) is 2. The highest BCUT2D eigenvalue weighted by Crippen LogP contribution is 2.40. The van der Waals surface area contributed by atoms with Crippen LogP contribution in [0.1, 0.15) is 22.3 Å². The first kappa shape index (κ1) is 20.7. The van der Waals surface area contributed by atoms with Crippen molar-refractivity contribution in [3.05, 3.63) is 53.6 Å². The van der Waals surface area contributed by atoms with Gasteiger partial charge < -0.3 is 15.4 Å². The van der Waals surface area contributed by atoms with Crippen LogP contribution in [0.4, 0.5) is 24.5 Å². The SMILES string of the molecule is COC(=O)c1ccccc1NC(=O)CC1Sc2ccc(C(F)(F)F)cc2NC1=O. The number of alkyl halides is 3. The Morgan fingerprint density at radius 1 is 1.21 bits per heavy atom. The Bertz CT molecular complexity index is 978. The van der Waals surface area contributed by atoms with Gasteiger partial charge in [-0.05, 0) is 30.3 Å². The zero-order valence-electron chi connectivity index (χ0n) is 15.0. The van der Waals surface area contributed by atoms with Crippen LogP contribution in [-0.4, -0.2) is 30.1 Å². The van der Waals surface area contributed by atoms with E-state index in [-0.39, 0.29) is 23.4 Å². The summed E-state index contributed by atoms with van der Waals surface area (Å²) in [5, 5.41) is 4.15. The predicted octanol–water partition coefficient (Wildman–Crippen LogP) is 3.93. The van der Waals surface area contributed by atoms with Crippen LogP contribution in [0.3, 0.4) is 0 Å². The molecule has 0 saturated carbocycles. The Balaban J connectivity index is 1.71. The van der Waals surface area contributed by atoms with Gasteiger partial charge in [0.15, 0.2) is 0 Å². The van der Waals surface area contributed by atoms with Crippen molar-refractivity contribution < 1.29 is 32.3 Å². The Kier molecular flexibility index (Phi) is 5.83. The molecule has 6 nitrogen and oxygen atoms in total. The number of benzene rings is 2. The van der Waals surface area contributed by atoms with E-state index in [1.165, 1.54) is 25.3 Å². The minimum Gasteiger partial charge on any atom is -0.465 e. The minimum absolute atomic E-state index is 0.0579. The molecule has 3 rings (SSSR count). The third kappa shape index (κ3) is 4.70. The number of fused-ring (bicyclic) bond motifs is 1. The largest absolute Gasteiger partial charge is 0.465 e. The molecule has 0 aliphatic carbocycles. The van der Waals surface area contributed by atoms with E-state index >= 15 is 0 Å². The number of methoxy groups -OCH3 is 1. The maximum Gasteiger partial charge on any atom is 0.416 e. The number of carbonyl (C=O) groups is 3. The van der Waals surface area contributed by atoms with Gasteiger partial charge in [-0.15, -0.1) is 11.8 Å². The number of rotatable bonds is 4. The lowest BCUT2D eigenvalue weighted by Gasteiger charge is -2.24. The van der Waals surface area contributed by atoms with Crippen molar-refractivity contribution in [2.75, 3.05) is 17.7 Å². The summed E-state index contributed by atoms with van der Waals surface area (Å²) in [6, 6.07) is 9.29. The lowest BCUT2D eigenvalue weighted by atomic mass is 10.1. The third-order valence-electron chi connectivity index (χ3n) is 4.10. The topological polar surface area (TPSA) is 84.5 Å². The van der Waals surface area contributed by atoms with Gasteiger partial charge in [0.05, 0.1) is 34.9 Å². The van der Waals surface area contributed by atoms with Crippen molar-refractivity contribution in [1.82, 2.24) is 0 Å². The summed E-state index contributed by atoms with van der Waals surface area (Å²) in [5.74, 6) is -1.72. The number of nitrogens with one attached hydrogen (secondary N) is 2. The maximum absolute atomic E-state index is 12.8. The second kappa shape index (κ2) is 8.16. The second-order valence-corrected chi connectivity index (χ2v) is 7.34. The zero-order chi connectivity index (χ0) is 21.2. The van der Waals surface area contributed by atoms with Crippen LogP contribution < -0.4 is 10.6 Å². The van der Waals surface area contributed by atoms with Gasteiger partial charge in [-0.25, -0.2) is 4.79 Å². The molecule has 1 unspecified atom stereocenters. The standard InChI is InChI=1S/C19H15F3N2O4S/c1-28-18(27)11-4-2-3-5-12(11)23-16(25)9-15-17(26)24-13-8-10(19(20,21)22)6-7-14(13)29-15/h2-8,15H,9H2,1H3,(H,23,25)(H,24,26). The number of thioether (sulfide) groups is 1. The molecule has 2 aromatic rings. The average molecular weight is 424 g/mol. The van der Waals surface area contributed by atoms with Crippen molar-refractivity contribution in [1.29, 1.82) is 0 Å². The number of amides is 2. The molecule has 0 fully saturated rings. The van der Waals surface area contributed by atoms with Gasteiger partial charge in [0.2, 0.25) is 11.8 Å². The van der Waals surface area contributed by atoms with Crippen LogP contribution in [0.5, 0.6) is 0 Å². The van der Waals surface area contributed by atoms with E-state index < -0.39 is 34.8 Å². The molecular weight excluding hydrogens is 409 g/mol. The first-order chi connectivity index (χ1) is 13.7. The van der Waals surface area contributed by atoms with Gasteiger partial charge in [-0.3, -0.25) is 9.59 Å². The summed E-state index contributed by atoms with van der Waals surface area (Å²) in [6.45, 7) is 0. The first-order valence-electron chi connectivity index (χ1n) is 8.35. The molecule has 1 aliphatic rings. The molecule has 0 saturated heterocycles. The van der Waals surface area contributed by atoms with Gasteiger partial charge in [-0.2, -0.15) is 13.2 Å². The Morgan fingerprint density at radius 2 is 1.93 bits per heavy atom. The van der Waals surface area contributed by atoms with Crippen molar-refractivity contribution >= 4 is 40.9 Å². The average Bonchev–Trinajstić information content (AvgIpc) is 2.67. The second-order valence-electron chi connectivity index (χ2n) is 6.09. The predicted molar refractivity (Wildman–Crippen MR) is 101 cm³/mol. The van der Waals surface area contributed by atoms with Crippen LogP contribution in [0.25, 0.3) is 0 Å². The summed E-state index contributed by atoms with van der Waals surface area (Å²) in [5.41, 5.74) is -0.412. The maximum atomic E-state index is 12.8. The van der Waals surface area contributed by atoms with Gasteiger partial charge >= 0.3 is 12.1 Å². The zero-order valence-corrected chi connectivity index (χ0v) is 15.8. The van der Waals surface area contributed by atoms with E-state index in [9.17, 15) is 27.6 Å². The molecule has 1 aliphatic heterocycles. The molecule has 0 radical (unpaired) electrons. The number of halogens is 3. The Hall–Kier alpha value is -3.01. The van der Waals surface area contributed by atoms with Crippen LogP contribution >= 0.6 is 11.8 Å². The first-order valence-corrected chi connectivity index (χ1v) is 9.23. The fourth-order valence-electron chi connectivity index (χ4n) is 2.71. The molecule has 29 heavy (non-hydrogen) atoms. The number of carbonyl (C=O) groups excluding carboxylic acids is 3. The number of esters is 1. The van der Waals surface area contributed by atoms with Crippen molar-refractivity contribution in [2.24, 2.45) is 0 Å². The molecule has 2 amide bonds. The summed E-state index contributed by atoms with van der Waals surface area (Å²) in [7, 11) is 1.21. The van der Waals surface area contributed by atoms with Gasteiger partial charge in [0.25, 0.3) is 0 Å². The van der Waals surface area contributed by atoms with Crippen LogP contribution in [0.2, 0.25) is 0 Å². The third-order valence-corrected chi connectivity index (χ3v) is 5.38. The number of hydrogen-bond acceptors (Lipinski definition) is 5. The van der Waals surface area contributed by atoms with Gasteiger partial charge in [0.1, 0.15) is 0 Å². The van der Waals surface area contributed by atoms with Crippen molar-refractivity contribution in [2.45, 2.75) is 22.7 Å². The van der Waals surface area contributed by atoms with Crippen molar-refractivity contribution in [3.8, 4) is 0 Å². The molecule has 1 heterocycles. The number of ether oxygens (including phenoxy) is 1. The van der Waals surface area contributed by atoms with Crippen molar-refractivity contribution in [3.63, 3.8) is 0 Å². The van der Waals surface area contributed by atoms with E-state index in [4.69, 9.17) is 0 Å². The number of anilines is 2. The fraction of sp³-hybridized carbons (Fsp3) is 0.211. The quantitative estimate of drug-likeness (QED) is 0.727. The van der Waals surface area contributed by atoms with E-state index in [1.807, 2.05) is 0 Å². The van der Waals surface area contributed by atoms with E-state index in [0.717, 1.165) is 23.9 Å². The Morgan fingerprint density at radius 3 is 2.62 bits per heavy atom.